The van der Waals surface area contributed by atoms with Crippen LogP contribution in [0.5, 0.6) is 0 Å². The van der Waals surface area contributed by atoms with Crippen molar-refractivity contribution in [2.75, 3.05) is 25.1 Å². The Morgan fingerprint density at radius 2 is 2.06 bits per heavy atom. The second-order valence-electron chi connectivity index (χ2n) is 4.68. The first-order valence-corrected chi connectivity index (χ1v) is 6.55. The van der Waals surface area contributed by atoms with Gasteiger partial charge < -0.3 is 10.1 Å². The molecule has 3 heteroatoms. The molecule has 17 heavy (non-hydrogen) atoms. The van der Waals surface area contributed by atoms with Crippen molar-refractivity contribution < 1.29 is 4.74 Å². The Bertz CT molecular complexity index is 339. The van der Waals surface area contributed by atoms with Gasteiger partial charge in [-0.2, -0.15) is 0 Å². The number of hydrogen-bond acceptors (Lipinski definition) is 2. The molecule has 0 amide bonds. The van der Waals surface area contributed by atoms with Crippen LogP contribution in [0.4, 0.5) is 5.69 Å². The monoisotopic (exact) mass is 255 g/mol. The van der Waals surface area contributed by atoms with E-state index in [1.165, 1.54) is 5.56 Å². The van der Waals surface area contributed by atoms with Crippen LogP contribution >= 0.6 is 11.6 Å². The molecule has 1 aromatic carbocycles. The highest BCUT2D eigenvalue weighted by atomic mass is 35.5. The zero-order valence-electron chi connectivity index (χ0n) is 10.9. The van der Waals surface area contributed by atoms with Crippen LogP contribution in [0.3, 0.4) is 0 Å². The number of benzene rings is 1. The summed E-state index contributed by atoms with van der Waals surface area (Å²) in [6.07, 6.45) is 1.12. The van der Waals surface area contributed by atoms with Crippen LogP contribution in [0, 0.1) is 12.8 Å². The predicted molar refractivity (Wildman–Crippen MR) is 75.0 cm³/mol. The van der Waals surface area contributed by atoms with Gasteiger partial charge in [0.05, 0.1) is 6.61 Å². The van der Waals surface area contributed by atoms with Crippen molar-refractivity contribution in [1.29, 1.82) is 0 Å². The fourth-order valence-electron chi connectivity index (χ4n) is 1.46. The standard InChI is InChI=1S/C14H22ClNO/c1-11(2)6-8-17-9-7-16-14-10-13(15)5-4-12(14)3/h4-5,10-11,16H,6-9H2,1-3H3. The van der Waals surface area contributed by atoms with Gasteiger partial charge in [-0.1, -0.05) is 31.5 Å². The minimum Gasteiger partial charge on any atom is -0.382 e. The highest BCUT2D eigenvalue weighted by Gasteiger charge is 1.99. The van der Waals surface area contributed by atoms with E-state index >= 15 is 0 Å². The zero-order chi connectivity index (χ0) is 12.7. The summed E-state index contributed by atoms with van der Waals surface area (Å²) >= 11 is 5.94. The van der Waals surface area contributed by atoms with Crippen LogP contribution in [0.1, 0.15) is 25.8 Å². The molecule has 0 aliphatic heterocycles. The summed E-state index contributed by atoms with van der Waals surface area (Å²) in [4.78, 5) is 0. The van der Waals surface area contributed by atoms with Gasteiger partial charge in [-0.25, -0.2) is 0 Å². The highest BCUT2D eigenvalue weighted by molar-refractivity contribution is 6.30. The van der Waals surface area contributed by atoms with Crippen molar-refractivity contribution in [2.45, 2.75) is 27.2 Å². The normalized spacial score (nSPS) is 10.9. The lowest BCUT2D eigenvalue weighted by atomic mass is 10.1. The number of nitrogens with one attached hydrogen (secondary N) is 1. The number of hydrogen-bond donors (Lipinski definition) is 1. The Hall–Kier alpha value is -0.730. The van der Waals surface area contributed by atoms with Crippen molar-refractivity contribution in [1.82, 2.24) is 0 Å². The number of rotatable bonds is 7. The van der Waals surface area contributed by atoms with Crippen LogP contribution in [-0.2, 0) is 4.74 Å². The summed E-state index contributed by atoms with van der Waals surface area (Å²) in [7, 11) is 0. The quantitative estimate of drug-likeness (QED) is 0.740. The number of aryl methyl sites for hydroxylation is 1. The van der Waals surface area contributed by atoms with Gasteiger partial charge in [0.2, 0.25) is 0 Å². The summed E-state index contributed by atoms with van der Waals surface area (Å²) in [6, 6.07) is 5.87. The highest BCUT2D eigenvalue weighted by Crippen LogP contribution is 2.19. The molecule has 2 nitrogen and oxygen atoms in total. The molecule has 1 aromatic rings. The minimum atomic E-state index is 0.707. The van der Waals surface area contributed by atoms with E-state index in [2.05, 4.69) is 26.1 Å². The molecule has 0 unspecified atom stereocenters. The summed E-state index contributed by atoms with van der Waals surface area (Å²) in [5, 5.41) is 4.10. The van der Waals surface area contributed by atoms with E-state index in [9.17, 15) is 0 Å². The third-order valence-corrected chi connectivity index (χ3v) is 2.84. The maximum atomic E-state index is 5.94. The molecule has 0 aromatic heterocycles. The molecule has 0 aliphatic rings. The molecule has 0 heterocycles. The molecule has 1 rings (SSSR count). The van der Waals surface area contributed by atoms with E-state index in [1.54, 1.807) is 0 Å². The molecule has 0 radical (unpaired) electrons. The van der Waals surface area contributed by atoms with E-state index in [0.29, 0.717) is 5.92 Å². The van der Waals surface area contributed by atoms with Gasteiger partial charge in [0.25, 0.3) is 0 Å². The Kier molecular flexibility index (Phi) is 6.38. The minimum absolute atomic E-state index is 0.707. The molecule has 96 valence electrons. The van der Waals surface area contributed by atoms with Gasteiger partial charge in [-0.05, 0) is 37.0 Å². The average molecular weight is 256 g/mol. The summed E-state index contributed by atoms with van der Waals surface area (Å²) in [5.41, 5.74) is 2.29. The van der Waals surface area contributed by atoms with E-state index in [-0.39, 0.29) is 0 Å². The molecule has 0 aliphatic carbocycles. The Labute approximate surface area is 109 Å². The van der Waals surface area contributed by atoms with Crippen LogP contribution in [-0.4, -0.2) is 19.8 Å². The lowest BCUT2D eigenvalue weighted by Gasteiger charge is -2.11. The SMILES string of the molecule is Cc1ccc(Cl)cc1NCCOCCC(C)C. The summed E-state index contributed by atoms with van der Waals surface area (Å²) in [6.45, 7) is 8.87. The lowest BCUT2D eigenvalue weighted by Crippen LogP contribution is -2.11. The molecular formula is C14H22ClNO. The molecule has 0 saturated heterocycles. The lowest BCUT2D eigenvalue weighted by molar-refractivity contribution is 0.132. The molecule has 0 fully saturated rings. The smallest absolute Gasteiger partial charge is 0.0639 e. The second kappa shape index (κ2) is 7.57. The largest absolute Gasteiger partial charge is 0.382 e. The zero-order valence-corrected chi connectivity index (χ0v) is 11.7. The van der Waals surface area contributed by atoms with Crippen LogP contribution in [0.25, 0.3) is 0 Å². The maximum Gasteiger partial charge on any atom is 0.0639 e. The van der Waals surface area contributed by atoms with Gasteiger partial charge in [0, 0.05) is 23.9 Å². The van der Waals surface area contributed by atoms with Crippen molar-refractivity contribution in [3.8, 4) is 0 Å². The molecule has 0 spiro atoms. The molecule has 0 atom stereocenters. The van der Waals surface area contributed by atoms with Gasteiger partial charge in [-0.3, -0.25) is 0 Å². The molecular weight excluding hydrogens is 234 g/mol. The maximum absolute atomic E-state index is 5.94. The Morgan fingerprint density at radius 3 is 2.76 bits per heavy atom. The van der Waals surface area contributed by atoms with E-state index < -0.39 is 0 Å². The third-order valence-electron chi connectivity index (χ3n) is 2.60. The second-order valence-corrected chi connectivity index (χ2v) is 5.12. The number of ether oxygens (including phenoxy) is 1. The summed E-state index contributed by atoms with van der Waals surface area (Å²) < 4.78 is 5.54. The van der Waals surface area contributed by atoms with Crippen molar-refractivity contribution in [3.63, 3.8) is 0 Å². The predicted octanol–water partition coefficient (Wildman–Crippen LogP) is 4.12. The fourth-order valence-corrected chi connectivity index (χ4v) is 1.64. The van der Waals surface area contributed by atoms with Gasteiger partial charge >= 0.3 is 0 Å². The van der Waals surface area contributed by atoms with Crippen LogP contribution in [0.15, 0.2) is 18.2 Å². The number of halogens is 1. The van der Waals surface area contributed by atoms with Gasteiger partial charge in [0.15, 0.2) is 0 Å². The first kappa shape index (κ1) is 14.3. The first-order chi connectivity index (χ1) is 8.09. The van der Waals surface area contributed by atoms with Gasteiger partial charge in [0.1, 0.15) is 0 Å². The third kappa shape index (κ3) is 5.94. The average Bonchev–Trinajstić information content (AvgIpc) is 2.27. The van der Waals surface area contributed by atoms with E-state index in [0.717, 1.165) is 36.9 Å². The molecule has 1 N–H and O–H groups in total. The van der Waals surface area contributed by atoms with Crippen molar-refractivity contribution in [2.24, 2.45) is 5.92 Å². The van der Waals surface area contributed by atoms with Crippen LogP contribution < -0.4 is 5.32 Å². The Balaban J connectivity index is 2.20. The van der Waals surface area contributed by atoms with Crippen molar-refractivity contribution in [3.05, 3.63) is 28.8 Å². The van der Waals surface area contributed by atoms with E-state index in [1.807, 2.05) is 18.2 Å². The Morgan fingerprint density at radius 1 is 1.29 bits per heavy atom. The molecule has 0 saturated carbocycles. The summed E-state index contributed by atoms with van der Waals surface area (Å²) in [5.74, 6) is 0.707. The van der Waals surface area contributed by atoms with Crippen LogP contribution in [0.2, 0.25) is 5.02 Å². The van der Waals surface area contributed by atoms with Gasteiger partial charge in [-0.15, -0.1) is 0 Å². The first-order valence-electron chi connectivity index (χ1n) is 6.17. The number of anilines is 1. The topological polar surface area (TPSA) is 21.3 Å². The van der Waals surface area contributed by atoms with Crippen molar-refractivity contribution >= 4 is 17.3 Å². The van der Waals surface area contributed by atoms with E-state index in [4.69, 9.17) is 16.3 Å². The fraction of sp³-hybridized carbons (Fsp3) is 0.571. The molecule has 0 bridgehead atoms.